The molecule has 0 saturated heterocycles. The predicted molar refractivity (Wildman–Crippen MR) is 78.6 cm³/mol. The molecule has 20 heavy (non-hydrogen) atoms. The van der Waals surface area contributed by atoms with Crippen LogP contribution in [0.3, 0.4) is 0 Å². The summed E-state index contributed by atoms with van der Waals surface area (Å²) in [5.74, 6) is 0.811. The average Bonchev–Trinajstić information content (AvgIpc) is 2.98. The molecule has 5 heteroatoms. The summed E-state index contributed by atoms with van der Waals surface area (Å²) in [6.07, 6.45) is 5.10. The van der Waals surface area contributed by atoms with Crippen LogP contribution in [0.2, 0.25) is 0 Å². The van der Waals surface area contributed by atoms with Gasteiger partial charge in [-0.2, -0.15) is 5.10 Å². The lowest BCUT2D eigenvalue weighted by atomic mass is 10.1. The van der Waals surface area contributed by atoms with E-state index in [1.165, 1.54) is 17.3 Å². The van der Waals surface area contributed by atoms with Crippen molar-refractivity contribution in [3.8, 4) is 5.82 Å². The minimum Gasteiger partial charge on any atom is -0.310 e. The van der Waals surface area contributed by atoms with Crippen LogP contribution in [0.15, 0.2) is 43.1 Å². The topological polar surface area (TPSA) is 55.6 Å². The molecule has 0 aliphatic rings. The Balaban J connectivity index is 2.10. The second-order valence-corrected chi connectivity index (χ2v) is 5.03. The monoisotopic (exact) mass is 267 g/mol. The highest BCUT2D eigenvalue weighted by atomic mass is 15.3. The smallest absolute Gasteiger partial charge is 0.163 e. The van der Waals surface area contributed by atoms with Gasteiger partial charge in [0.2, 0.25) is 0 Å². The first kappa shape index (κ1) is 12.7. The van der Waals surface area contributed by atoms with E-state index < -0.39 is 0 Å². The maximum atomic E-state index is 4.55. The number of aromatic nitrogens is 4. The minimum atomic E-state index is 0.448. The first-order chi connectivity index (χ1) is 9.75. The summed E-state index contributed by atoms with van der Waals surface area (Å²) in [5.41, 5.74) is 1.19. The molecule has 0 bridgehead atoms. The Labute approximate surface area is 117 Å². The van der Waals surface area contributed by atoms with E-state index >= 15 is 0 Å². The molecule has 0 aliphatic carbocycles. The second-order valence-electron chi connectivity index (χ2n) is 5.03. The highest BCUT2D eigenvalue weighted by Crippen LogP contribution is 2.23. The maximum absolute atomic E-state index is 4.55. The van der Waals surface area contributed by atoms with E-state index in [0.717, 1.165) is 17.7 Å². The van der Waals surface area contributed by atoms with E-state index in [-0.39, 0.29) is 0 Å². The molecule has 1 N–H and O–H groups in total. The van der Waals surface area contributed by atoms with Crippen molar-refractivity contribution in [1.29, 1.82) is 0 Å². The van der Waals surface area contributed by atoms with Gasteiger partial charge < -0.3 is 5.32 Å². The zero-order valence-corrected chi connectivity index (χ0v) is 11.6. The summed E-state index contributed by atoms with van der Waals surface area (Å²) >= 11 is 0. The van der Waals surface area contributed by atoms with Crippen LogP contribution in [0.5, 0.6) is 0 Å². The third kappa shape index (κ3) is 2.40. The summed E-state index contributed by atoms with van der Waals surface area (Å²) in [7, 11) is 0. The molecular weight excluding hydrogens is 250 g/mol. The summed E-state index contributed by atoms with van der Waals surface area (Å²) in [4.78, 5) is 8.53. The fraction of sp³-hybridized carbons (Fsp3) is 0.267. The van der Waals surface area contributed by atoms with Crippen LogP contribution in [-0.2, 0) is 6.54 Å². The van der Waals surface area contributed by atoms with Gasteiger partial charge in [-0.25, -0.2) is 14.6 Å². The van der Waals surface area contributed by atoms with Gasteiger partial charge >= 0.3 is 0 Å². The molecule has 5 nitrogen and oxygen atoms in total. The van der Waals surface area contributed by atoms with Gasteiger partial charge in [-0.1, -0.05) is 38.1 Å². The molecule has 3 rings (SSSR count). The van der Waals surface area contributed by atoms with E-state index in [1.54, 1.807) is 11.0 Å². The Hall–Kier alpha value is -2.27. The van der Waals surface area contributed by atoms with Crippen LogP contribution in [0.1, 0.15) is 19.4 Å². The molecule has 2 aromatic heterocycles. The normalized spacial score (nSPS) is 11.3. The van der Waals surface area contributed by atoms with Gasteiger partial charge in [0.1, 0.15) is 12.7 Å². The van der Waals surface area contributed by atoms with Gasteiger partial charge in [-0.15, -0.1) is 0 Å². The zero-order valence-electron chi connectivity index (χ0n) is 11.6. The first-order valence-electron chi connectivity index (χ1n) is 6.70. The Morgan fingerprint density at radius 1 is 1.20 bits per heavy atom. The number of fused-ring (bicyclic) bond motifs is 1. The van der Waals surface area contributed by atoms with Crippen molar-refractivity contribution >= 4 is 10.8 Å². The molecule has 0 spiro atoms. The van der Waals surface area contributed by atoms with Crippen LogP contribution < -0.4 is 5.32 Å². The number of hydrogen-bond acceptors (Lipinski definition) is 4. The lowest BCUT2D eigenvalue weighted by Gasteiger charge is -2.12. The number of hydrogen-bond donors (Lipinski definition) is 1. The van der Waals surface area contributed by atoms with Gasteiger partial charge in [0.15, 0.2) is 5.82 Å². The van der Waals surface area contributed by atoms with Crippen molar-refractivity contribution < 1.29 is 0 Å². The number of nitrogens with one attached hydrogen (secondary N) is 1. The van der Waals surface area contributed by atoms with Crippen LogP contribution >= 0.6 is 0 Å². The summed E-state index contributed by atoms with van der Waals surface area (Å²) in [5, 5.41) is 9.88. The van der Waals surface area contributed by atoms with Crippen molar-refractivity contribution in [1.82, 2.24) is 25.1 Å². The number of benzene rings is 1. The minimum absolute atomic E-state index is 0.448. The third-order valence-corrected chi connectivity index (χ3v) is 3.19. The lowest BCUT2D eigenvalue weighted by Crippen LogP contribution is -2.22. The van der Waals surface area contributed by atoms with E-state index in [1.807, 2.05) is 18.3 Å². The van der Waals surface area contributed by atoms with Crippen molar-refractivity contribution in [2.45, 2.75) is 26.4 Å². The fourth-order valence-corrected chi connectivity index (χ4v) is 2.19. The number of rotatable bonds is 4. The molecule has 2 heterocycles. The molecular formula is C15H17N5. The van der Waals surface area contributed by atoms with E-state index in [0.29, 0.717) is 6.04 Å². The molecule has 0 amide bonds. The Kier molecular flexibility index (Phi) is 3.43. The largest absolute Gasteiger partial charge is 0.310 e. The van der Waals surface area contributed by atoms with E-state index in [4.69, 9.17) is 0 Å². The quantitative estimate of drug-likeness (QED) is 0.788. The SMILES string of the molecule is CC(C)NCc1cnc(-n2cncn2)c2ccccc12. The van der Waals surface area contributed by atoms with Crippen molar-refractivity contribution in [3.05, 3.63) is 48.7 Å². The molecule has 0 fully saturated rings. The number of pyridine rings is 1. The molecule has 0 radical (unpaired) electrons. The van der Waals surface area contributed by atoms with Crippen molar-refractivity contribution in [2.75, 3.05) is 0 Å². The van der Waals surface area contributed by atoms with Crippen LogP contribution in [0.25, 0.3) is 16.6 Å². The Morgan fingerprint density at radius 3 is 2.70 bits per heavy atom. The van der Waals surface area contributed by atoms with Crippen molar-refractivity contribution in [3.63, 3.8) is 0 Å². The standard InChI is InChI=1S/C15H17N5/c1-11(2)17-7-12-8-18-15(20-10-16-9-19-20)14-6-4-3-5-13(12)14/h3-6,8-11,17H,7H2,1-2H3. The Bertz CT molecular complexity index is 703. The van der Waals surface area contributed by atoms with Crippen LogP contribution in [-0.4, -0.2) is 25.8 Å². The van der Waals surface area contributed by atoms with Crippen LogP contribution in [0, 0.1) is 0 Å². The summed E-state index contributed by atoms with van der Waals surface area (Å²) in [6, 6.07) is 8.70. The second kappa shape index (κ2) is 5.38. The molecule has 3 aromatic rings. The molecule has 102 valence electrons. The first-order valence-corrected chi connectivity index (χ1v) is 6.70. The predicted octanol–water partition coefficient (Wildman–Crippen LogP) is 2.31. The molecule has 0 unspecified atom stereocenters. The maximum Gasteiger partial charge on any atom is 0.163 e. The Morgan fingerprint density at radius 2 is 2.00 bits per heavy atom. The highest BCUT2D eigenvalue weighted by Gasteiger charge is 2.09. The molecule has 1 aromatic carbocycles. The molecule has 0 aliphatic heterocycles. The third-order valence-electron chi connectivity index (χ3n) is 3.19. The summed E-state index contributed by atoms with van der Waals surface area (Å²) in [6.45, 7) is 5.08. The van der Waals surface area contributed by atoms with Gasteiger partial charge in [-0.3, -0.25) is 0 Å². The van der Waals surface area contributed by atoms with Gasteiger partial charge in [0.05, 0.1) is 0 Å². The van der Waals surface area contributed by atoms with Crippen molar-refractivity contribution in [2.24, 2.45) is 0 Å². The van der Waals surface area contributed by atoms with Gasteiger partial charge in [0.25, 0.3) is 0 Å². The average molecular weight is 267 g/mol. The van der Waals surface area contributed by atoms with Gasteiger partial charge in [0, 0.05) is 24.2 Å². The van der Waals surface area contributed by atoms with E-state index in [2.05, 4.69) is 46.4 Å². The van der Waals surface area contributed by atoms with E-state index in [9.17, 15) is 0 Å². The zero-order chi connectivity index (χ0) is 13.9. The summed E-state index contributed by atoms with van der Waals surface area (Å²) < 4.78 is 1.70. The molecule has 0 saturated carbocycles. The van der Waals surface area contributed by atoms with Crippen LogP contribution in [0.4, 0.5) is 0 Å². The highest BCUT2D eigenvalue weighted by molar-refractivity contribution is 5.90. The molecule has 0 atom stereocenters. The van der Waals surface area contributed by atoms with Gasteiger partial charge in [-0.05, 0) is 10.9 Å². The fourth-order valence-electron chi connectivity index (χ4n) is 2.19. The number of nitrogens with zero attached hydrogens (tertiary/aromatic N) is 4. The lowest BCUT2D eigenvalue weighted by molar-refractivity contribution is 0.590.